The number of benzene rings is 1. The number of H-pyrrole nitrogens is 1. The van der Waals surface area contributed by atoms with Crippen LogP contribution in [0, 0.1) is 0 Å². The van der Waals surface area contributed by atoms with Crippen molar-refractivity contribution >= 4 is 41.3 Å². The van der Waals surface area contributed by atoms with Crippen LogP contribution >= 0.6 is 23.5 Å². The molecule has 5 N–H and O–H groups in total. The van der Waals surface area contributed by atoms with Gasteiger partial charge in [-0.15, -0.1) is 16.9 Å². The van der Waals surface area contributed by atoms with Gasteiger partial charge in [-0.1, -0.05) is 42.1 Å². The van der Waals surface area contributed by atoms with Crippen LogP contribution in [0.15, 0.2) is 56.3 Å². The fourth-order valence-electron chi connectivity index (χ4n) is 3.81. The van der Waals surface area contributed by atoms with Gasteiger partial charge in [-0.2, -0.15) is 0 Å². The molecule has 4 rings (SSSR count). The minimum atomic E-state index is -1.27. The van der Waals surface area contributed by atoms with Crippen LogP contribution in [0.25, 0.3) is 0 Å². The summed E-state index contributed by atoms with van der Waals surface area (Å²) >= 11 is 2.41. The molecular formula is C21H22N6O6S2. The summed E-state index contributed by atoms with van der Waals surface area (Å²) in [4.78, 5) is 62.2. The molecule has 12 nitrogen and oxygen atoms in total. The largest absolute Gasteiger partial charge is 0.477 e. The second-order valence-corrected chi connectivity index (χ2v) is 9.76. The number of amides is 2. The Kier molecular flexibility index (Phi) is 7.14. The van der Waals surface area contributed by atoms with Gasteiger partial charge >= 0.3 is 17.1 Å². The molecule has 1 fully saturated rings. The zero-order chi connectivity index (χ0) is 25.3. The van der Waals surface area contributed by atoms with Gasteiger partial charge in [-0.3, -0.25) is 28.6 Å². The first kappa shape index (κ1) is 24.8. The lowest BCUT2D eigenvalue weighted by Crippen LogP contribution is -2.71. The third-order valence-corrected chi connectivity index (χ3v) is 8.01. The number of carboxylic acid groups (broad SMARTS) is 1. The number of β-lactam (4-membered cyclic amide) rings is 1. The smallest absolute Gasteiger partial charge is 0.352 e. The van der Waals surface area contributed by atoms with E-state index in [1.165, 1.54) is 21.2 Å². The monoisotopic (exact) mass is 518 g/mol. The molecule has 2 unspecified atom stereocenters. The van der Waals surface area contributed by atoms with Crippen LogP contribution in [0.1, 0.15) is 18.5 Å². The standard InChI is InChI=1S/C21H22N6O6S2/c1-2-26-18(31)16(29)24-25-21(26)35-9-11-8-34-19-13(17(30)27(19)14(11)20(32)33)23-15(28)12(22)10-6-4-3-5-7-10/h3-7,12-13,19H,2,8-9,22H2,1H3,(H,23,28)(H,24,29)(H,32,33)/t12?,13?,19-/m1/s1. The van der Waals surface area contributed by atoms with Crippen molar-refractivity contribution in [3.8, 4) is 0 Å². The zero-order valence-corrected chi connectivity index (χ0v) is 20.1. The fourth-order valence-corrected chi connectivity index (χ4v) is 6.30. The summed E-state index contributed by atoms with van der Waals surface area (Å²) in [5.74, 6) is -1.91. The van der Waals surface area contributed by atoms with E-state index >= 15 is 0 Å². The third-order valence-electron chi connectivity index (χ3n) is 5.60. The Hall–Kier alpha value is -3.36. The summed E-state index contributed by atoms with van der Waals surface area (Å²) in [5, 5.41) is 18.2. The number of carbonyl (C=O) groups excluding carboxylic acids is 2. The van der Waals surface area contributed by atoms with E-state index in [1.807, 2.05) is 0 Å². The Bertz CT molecular complexity index is 1320. The third kappa shape index (κ3) is 4.63. The fraction of sp³-hybridized carbons (Fsp3) is 0.333. The Morgan fingerprint density at radius 2 is 2.03 bits per heavy atom. The number of carbonyl (C=O) groups is 3. The summed E-state index contributed by atoms with van der Waals surface area (Å²) in [5.41, 5.74) is 5.32. The van der Waals surface area contributed by atoms with Gasteiger partial charge in [0.1, 0.15) is 23.2 Å². The number of nitrogens with one attached hydrogen (secondary N) is 2. The lowest BCUT2D eigenvalue weighted by atomic mass is 10.0. The average molecular weight is 519 g/mol. The van der Waals surface area contributed by atoms with E-state index in [0.717, 1.165) is 11.8 Å². The number of aromatic amines is 1. The van der Waals surface area contributed by atoms with E-state index in [9.17, 15) is 29.1 Å². The van der Waals surface area contributed by atoms with Crippen molar-refractivity contribution in [2.24, 2.45) is 5.73 Å². The number of rotatable bonds is 8. The van der Waals surface area contributed by atoms with Crippen molar-refractivity contribution in [1.82, 2.24) is 25.0 Å². The molecule has 0 bridgehead atoms. The van der Waals surface area contributed by atoms with Crippen LogP contribution in [0.3, 0.4) is 0 Å². The SMILES string of the molecule is CCn1c(SCC2=C(C(=O)O)N3C(=O)C(NC(=O)C(N)c4ccccc4)[C@H]3SC2)n[nH]c(=O)c1=O. The molecule has 2 amide bonds. The molecule has 14 heteroatoms. The van der Waals surface area contributed by atoms with Gasteiger partial charge in [0.25, 0.3) is 5.91 Å². The highest BCUT2D eigenvalue weighted by molar-refractivity contribution is 8.01. The molecule has 0 radical (unpaired) electrons. The van der Waals surface area contributed by atoms with Gasteiger partial charge in [-0.05, 0) is 18.1 Å². The van der Waals surface area contributed by atoms with Crippen LogP contribution in [0.4, 0.5) is 0 Å². The van der Waals surface area contributed by atoms with Crippen molar-refractivity contribution < 1.29 is 19.5 Å². The molecular weight excluding hydrogens is 496 g/mol. The van der Waals surface area contributed by atoms with E-state index in [1.54, 1.807) is 37.3 Å². The number of nitrogens with zero attached hydrogens (tertiary/aromatic N) is 3. The maximum absolute atomic E-state index is 12.9. The second kappa shape index (κ2) is 10.1. The number of hydrogen-bond donors (Lipinski definition) is 4. The molecule has 2 aliphatic rings. The quantitative estimate of drug-likeness (QED) is 0.202. The van der Waals surface area contributed by atoms with Crippen LogP contribution in [-0.2, 0) is 20.9 Å². The van der Waals surface area contributed by atoms with Gasteiger partial charge < -0.3 is 16.2 Å². The minimum Gasteiger partial charge on any atom is -0.477 e. The summed E-state index contributed by atoms with van der Waals surface area (Å²) in [6.07, 6.45) is 0. The number of aromatic nitrogens is 3. The molecule has 2 aromatic rings. The molecule has 3 heterocycles. The van der Waals surface area contributed by atoms with Gasteiger partial charge in [0.2, 0.25) is 5.91 Å². The molecule has 35 heavy (non-hydrogen) atoms. The molecule has 0 spiro atoms. The molecule has 1 saturated heterocycles. The lowest BCUT2D eigenvalue weighted by Gasteiger charge is -2.49. The predicted octanol–water partition coefficient (Wildman–Crippen LogP) is -0.518. The first-order valence-electron chi connectivity index (χ1n) is 10.6. The molecule has 2 aliphatic heterocycles. The number of thioether (sulfide) groups is 2. The Morgan fingerprint density at radius 1 is 1.31 bits per heavy atom. The Balaban J connectivity index is 1.49. The maximum Gasteiger partial charge on any atom is 0.352 e. The van der Waals surface area contributed by atoms with Crippen LogP contribution in [0.5, 0.6) is 0 Å². The van der Waals surface area contributed by atoms with Crippen LogP contribution in [-0.4, -0.2) is 65.5 Å². The van der Waals surface area contributed by atoms with Crippen molar-refractivity contribution in [1.29, 1.82) is 0 Å². The Labute approximate surface area is 207 Å². The van der Waals surface area contributed by atoms with E-state index in [0.29, 0.717) is 16.9 Å². The van der Waals surface area contributed by atoms with Gasteiger partial charge in [0, 0.05) is 18.1 Å². The average Bonchev–Trinajstić information content (AvgIpc) is 2.87. The van der Waals surface area contributed by atoms with Gasteiger partial charge in [0.05, 0.1) is 0 Å². The number of aliphatic carboxylic acids is 1. The molecule has 0 aliphatic carbocycles. The first-order chi connectivity index (χ1) is 16.7. The highest BCUT2D eigenvalue weighted by Gasteiger charge is 2.54. The maximum atomic E-state index is 12.9. The van der Waals surface area contributed by atoms with Crippen molar-refractivity contribution in [3.63, 3.8) is 0 Å². The number of nitrogens with two attached hydrogens (primary N) is 1. The molecule has 3 atom stereocenters. The first-order valence-corrected chi connectivity index (χ1v) is 12.6. The normalized spacial score (nSPS) is 20.2. The lowest BCUT2D eigenvalue weighted by molar-refractivity contribution is -0.150. The molecule has 184 valence electrons. The van der Waals surface area contributed by atoms with E-state index in [4.69, 9.17) is 5.73 Å². The summed E-state index contributed by atoms with van der Waals surface area (Å²) in [6, 6.07) is 6.86. The van der Waals surface area contributed by atoms with E-state index in [2.05, 4.69) is 15.5 Å². The van der Waals surface area contributed by atoms with Crippen LogP contribution < -0.4 is 22.2 Å². The zero-order valence-electron chi connectivity index (χ0n) is 18.5. The van der Waals surface area contributed by atoms with Crippen LogP contribution in [0.2, 0.25) is 0 Å². The molecule has 0 saturated carbocycles. The van der Waals surface area contributed by atoms with Crippen molar-refractivity contribution in [3.05, 3.63) is 67.9 Å². The highest BCUT2D eigenvalue weighted by atomic mass is 32.2. The Morgan fingerprint density at radius 3 is 2.69 bits per heavy atom. The van der Waals surface area contributed by atoms with Gasteiger partial charge in [0.15, 0.2) is 5.16 Å². The van der Waals surface area contributed by atoms with E-state index in [-0.39, 0.29) is 23.2 Å². The van der Waals surface area contributed by atoms with Crippen molar-refractivity contribution in [2.45, 2.75) is 36.1 Å². The molecule has 1 aromatic heterocycles. The summed E-state index contributed by atoms with van der Waals surface area (Å²) in [6.45, 7) is 1.91. The second-order valence-electron chi connectivity index (χ2n) is 7.72. The number of fused-ring (bicyclic) bond motifs is 1. The van der Waals surface area contributed by atoms with Gasteiger partial charge in [-0.25, -0.2) is 9.89 Å². The summed E-state index contributed by atoms with van der Waals surface area (Å²) in [7, 11) is 0. The molecule has 1 aromatic carbocycles. The highest BCUT2D eigenvalue weighted by Crippen LogP contribution is 2.41. The minimum absolute atomic E-state index is 0.138. The van der Waals surface area contributed by atoms with E-state index < -0.39 is 46.4 Å². The number of carboxylic acids is 1. The number of hydrogen-bond acceptors (Lipinski definition) is 9. The topological polar surface area (TPSA) is 180 Å². The van der Waals surface area contributed by atoms with Crippen molar-refractivity contribution in [2.75, 3.05) is 11.5 Å². The summed E-state index contributed by atoms with van der Waals surface area (Å²) < 4.78 is 1.19. The predicted molar refractivity (Wildman–Crippen MR) is 129 cm³/mol.